The first-order valence-electron chi connectivity index (χ1n) is 7.59. The second-order valence-corrected chi connectivity index (χ2v) is 9.89. The maximum Gasteiger partial charge on any atom is 1.00 e. The van der Waals surface area contributed by atoms with Gasteiger partial charge in [0.1, 0.15) is 33.5 Å². The number of aliphatic hydroxyl groups excluding tert-OH is 2. The molecule has 3 rings (SSSR count). The number of aromatic amines is 1. The average molecular weight is 485 g/mol. The maximum absolute atomic E-state index is 11.8. The number of nitrogens with zero attached hydrogens (tertiary/aromatic N) is 3. The Balaban J connectivity index is 0.00000225. The zero-order valence-corrected chi connectivity index (χ0v) is 21.6. The Morgan fingerprint density at radius 3 is 2.53 bits per heavy atom. The molecular weight excluding hydrogens is 470 g/mol. The van der Waals surface area contributed by atoms with Crippen LogP contribution in [0.3, 0.4) is 0 Å². The second-order valence-electron chi connectivity index (χ2n) is 6.01. The summed E-state index contributed by atoms with van der Waals surface area (Å²) < 4.78 is 33.2. The number of nitrogens with two attached hydrogens (primary N) is 1. The summed E-state index contributed by atoms with van der Waals surface area (Å²) in [7, 11) is -10.1. The van der Waals surface area contributed by atoms with E-state index in [1.165, 1.54) is 0 Å². The molecule has 1 saturated heterocycles. The number of H-pyrrole nitrogens is 1. The van der Waals surface area contributed by atoms with Crippen molar-refractivity contribution in [3.63, 3.8) is 0 Å². The van der Waals surface area contributed by atoms with E-state index in [0.717, 1.165) is 10.9 Å². The second kappa shape index (κ2) is 10.5. The van der Waals surface area contributed by atoms with Crippen molar-refractivity contribution in [2.75, 3.05) is 18.2 Å². The monoisotopic (exact) mass is 485 g/mol. The molecule has 0 aliphatic carbocycles. The van der Waals surface area contributed by atoms with Gasteiger partial charge in [-0.3, -0.25) is 14.3 Å². The van der Waals surface area contributed by atoms with Crippen molar-refractivity contribution in [1.82, 2.24) is 19.5 Å². The van der Waals surface area contributed by atoms with E-state index in [4.69, 9.17) is 15.4 Å². The zero-order valence-electron chi connectivity index (χ0n) is 15.8. The molecule has 2 unspecified atom stereocenters. The fourth-order valence-corrected chi connectivity index (χ4v) is 5.12. The molecule has 30 heavy (non-hydrogen) atoms. The molecule has 0 spiro atoms. The minimum absolute atomic E-state index is 0. The average Bonchev–Trinajstić information content (AvgIpc) is 3.06. The molecule has 15 nitrogen and oxygen atoms in total. The van der Waals surface area contributed by atoms with Crippen LogP contribution < -0.4 is 80.2 Å². The number of aliphatic hydroxyl groups is 2. The van der Waals surface area contributed by atoms with Crippen LogP contribution >= 0.6 is 15.2 Å². The summed E-state index contributed by atoms with van der Waals surface area (Å²) in [6, 6.07) is 0. The molecule has 2 aromatic heterocycles. The van der Waals surface area contributed by atoms with E-state index in [1.54, 1.807) is 0 Å². The summed E-state index contributed by atoms with van der Waals surface area (Å²) in [5.41, 5.74) is 4.66. The van der Waals surface area contributed by atoms with Crippen LogP contribution in [-0.2, 0) is 18.4 Å². The Bertz CT molecular complexity index is 1040. The van der Waals surface area contributed by atoms with Gasteiger partial charge in [0.05, 0.1) is 18.8 Å². The van der Waals surface area contributed by atoms with Gasteiger partial charge in [-0.05, 0) is 0 Å². The van der Waals surface area contributed by atoms with Crippen LogP contribution in [0.25, 0.3) is 11.2 Å². The van der Waals surface area contributed by atoms with Crippen molar-refractivity contribution in [3.05, 3.63) is 16.7 Å². The molecule has 0 bridgehead atoms. The van der Waals surface area contributed by atoms with E-state index in [0.29, 0.717) is 0 Å². The Morgan fingerprint density at radius 1 is 1.30 bits per heavy atom. The summed E-state index contributed by atoms with van der Waals surface area (Å²) in [6.07, 6.45) is -4.83. The van der Waals surface area contributed by atoms with Gasteiger partial charge in [0, 0.05) is 0 Å². The van der Waals surface area contributed by atoms with E-state index >= 15 is 0 Å². The Hall–Kier alpha value is 0.330. The smallest absolute Gasteiger partial charge is 0.778 e. The molecule has 0 saturated carbocycles. The van der Waals surface area contributed by atoms with Crippen LogP contribution in [-0.4, -0.2) is 65.4 Å². The molecule has 1 fully saturated rings. The number of imidazole rings is 1. The first-order valence-corrected chi connectivity index (χ1v) is 11.1. The molecule has 0 aromatic carbocycles. The van der Waals surface area contributed by atoms with Gasteiger partial charge in [-0.25, -0.2) is 4.98 Å². The largest absolute Gasteiger partial charge is 1.00 e. The van der Waals surface area contributed by atoms with Gasteiger partial charge in [-0.15, -0.1) is 0 Å². The number of ether oxygens (including phenoxy) is 1. The van der Waals surface area contributed by atoms with Gasteiger partial charge >= 0.3 is 59.1 Å². The molecule has 1 aliphatic rings. The van der Waals surface area contributed by atoms with Crippen LogP contribution in [0.5, 0.6) is 0 Å². The van der Waals surface area contributed by atoms with Gasteiger partial charge in [-0.2, -0.15) is 4.98 Å². The normalized spacial score (nSPS) is 27.6. The van der Waals surface area contributed by atoms with Crippen molar-refractivity contribution in [3.8, 4) is 0 Å². The number of nitrogens with one attached hydrogen (secondary N) is 1. The zero-order chi connectivity index (χ0) is 20.9. The van der Waals surface area contributed by atoms with Crippen LogP contribution in [0.4, 0.5) is 5.95 Å². The fraction of sp³-hybridized carbons (Fsp3) is 0.545. The molecule has 0 amide bonds. The van der Waals surface area contributed by atoms with Crippen LogP contribution in [0.15, 0.2) is 11.1 Å². The summed E-state index contributed by atoms with van der Waals surface area (Å²) >= 11 is 0. The van der Waals surface area contributed by atoms with Crippen molar-refractivity contribution < 1.29 is 102 Å². The minimum atomic E-state index is -5.13. The number of hydrogen-bond acceptors (Lipinski definition) is 12. The van der Waals surface area contributed by atoms with Crippen molar-refractivity contribution in [2.45, 2.75) is 24.5 Å². The van der Waals surface area contributed by atoms with Crippen molar-refractivity contribution in [1.29, 1.82) is 0 Å². The van der Waals surface area contributed by atoms with Crippen molar-refractivity contribution in [2.24, 2.45) is 0 Å². The third kappa shape index (κ3) is 6.44. The predicted octanol–water partition coefficient (Wildman–Crippen LogP) is -9.60. The van der Waals surface area contributed by atoms with E-state index < -0.39 is 57.8 Å². The van der Waals surface area contributed by atoms with E-state index in [9.17, 15) is 33.9 Å². The van der Waals surface area contributed by atoms with Gasteiger partial charge in [0.2, 0.25) is 5.95 Å². The van der Waals surface area contributed by atoms with Gasteiger partial charge < -0.3 is 49.0 Å². The molecule has 156 valence electrons. The molecule has 6 atom stereocenters. The fourth-order valence-electron chi connectivity index (χ4n) is 2.67. The van der Waals surface area contributed by atoms with Crippen molar-refractivity contribution >= 4 is 32.3 Å². The van der Waals surface area contributed by atoms with Crippen LogP contribution in [0.2, 0.25) is 0 Å². The maximum atomic E-state index is 11.8. The third-order valence-corrected chi connectivity index (χ3v) is 7.21. The summed E-state index contributed by atoms with van der Waals surface area (Å²) in [5.74, 6) is -1.86. The minimum Gasteiger partial charge on any atom is -0.778 e. The number of fused-ring (bicyclic) bond motifs is 1. The van der Waals surface area contributed by atoms with Gasteiger partial charge in [-0.1, -0.05) is 0 Å². The summed E-state index contributed by atoms with van der Waals surface area (Å²) in [4.78, 5) is 52.6. The van der Waals surface area contributed by atoms with Gasteiger partial charge in [0.25, 0.3) is 5.56 Å². The molecule has 2 aromatic rings. The van der Waals surface area contributed by atoms with E-state index in [2.05, 4.69) is 19.5 Å². The standard InChI is InChI=1S/C11H17N5O10P2.2Na/c12-11-14-8-5(9(19)15-11)13-2-16(8)10-7(18)6(17)4(26-10)1-25-28(23,24)3-27(20,21)22;;/h2,4,6-7,10,17-18H,1,3H2,(H,23,24)(H2,20,21,22)(H3,12,14,15,19);;/q;2*+1/p-2/t4-,6-,7-,10-;;/m0../s1. The number of anilines is 1. The Kier molecular flexibility index (Phi) is 9.93. The van der Waals surface area contributed by atoms with E-state index in [-0.39, 0.29) is 76.2 Å². The van der Waals surface area contributed by atoms with E-state index in [1.807, 2.05) is 0 Å². The molecule has 6 N–H and O–H groups in total. The van der Waals surface area contributed by atoms with Crippen LogP contribution in [0, 0.1) is 0 Å². The summed E-state index contributed by atoms with van der Waals surface area (Å²) in [5, 5.41) is 20.3. The molecular formula is C11H15N5Na2O10P2. The molecule has 19 heteroatoms. The quantitative estimate of drug-likeness (QED) is 0.189. The number of aromatic nitrogens is 4. The third-order valence-electron chi connectivity index (χ3n) is 3.85. The Morgan fingerprint density at radius 2 is 1.93 bits per heavy atom. The van der Waals surface area contributed by atoms with Crippen LogP contribution in [0.1, 0.15) is 6.23 Å². The first kappa shape index (κ1) is 28.4. The number of nitrogen functional groups attached to an aromatic ring is 1. The molecule has 0 radical (unpaired) electrons. The van der Waals surface area contributed by atoms with Gasteiger partial charge in [0.15, 0.2) is 17.4 Å². The topological polar surface area (TPSA) is 249 Å². The SMILES string of the molecule is Nc1nc2c(ncn2[C@H]2O[C@@H](COP(=O)([O-])CP(=O)([O-])O)[C@H](O)[C@@H]2O)c(=O)[nH]1.[Na+].[Na+]. The first-order chi connectivity index (χ1) is 12.9. The number of hydrogen-bond donors (Lipinski definition) is 5. The molecule has 1 aliphatic heterocycles. The number of rotatable bonds is 6. The Labute approximate surface area is 212 Å². The predicted molar refractivity (Wildman–Crippen MR) is 86.7 cm³/mol. The molecule has 3 heterocycles. The summed E-state index contributed by atoms with van der Waals surface area (Å²) in [6.45, 7) is -0.835.